The number of hydrogen-bond acceptors (Lipinski definition) is 3. The highest BCUT2D eigenvalue weighted by Crippen LogP contribution is 2.35. The Labute approximate surface area is 124 Å². The molecule has 4 heteroatoms. The smallest absolute Gasteiger partial charge is 0.246 e. The van der Waals surface area contributed by atoms with Gasteiger partial charge in [0, 0.05) is 12.6 Å². The van der Waals surface area contributed by atoms with E-state index in [-0.39, 0.29) is 24.7 Å². The summed E-state index contributed by atoms with van der Waals surface area (Å²) in [6, 6.07) is 0.289. The first-order valence-corrected chi connectivity index (χ1v) is 7.99. The number of carbonyl (C=O) groups excluding carboxylic acids is 1. The number of rotatable bonds is 7. The molecular formula is C16H32N2O2. The Balaban J connectivity index is 2.35. The van der Waals surface area contributed by atoms with Gasteiger partial charge in [-0.25, -0.2) is 0 Å². The van der Waals surface area contributed by atoms with Crippen molar-refractivity contribution in [2.75, 3.05) is 20.2 Å². The van der Waals surface area contributed by atoms with Crippen molar-refractivity contribution >= 4 is 5.91 Å². The van der Waals surface area contributed by atoms with Crippen LogP contribution in [0.4, 0.5) is 0 Å². The van der Waals surface area contributed by atoms with Crippen LogP contribution < -0.4 is 10.6 Å². The van der Waals surface area contributed by atoms with E-state index in [9.17, 15) is 4.79 Å². The van der Waals surface area contributed by atoms with Crippen molar-refractivity contribution in [3.8, 4) is 0 Å². The third kappa shape index (κ3) is 5.80. The molecule has 4 atom stereocenters. The number of hydrogen-bond donors (Lipinski definition) is 2. The van der Waals surface area contributed by atoms with Gasteiger partial charge >= 0.3 is 0 Å². The van der Waals surface area contributed by atoms with E-state index in [1.54, 1.807) is 0 Å². The fraction of sp³-hybridized carbons (Fsp3) is 0.938. The monoisotopic (exact) mass is 284 g/mol. The Morgan fingerprint density at radius 2 is 2.00 bits per heavy atom. The largest absolute Gasteiger partial charge is 0.368 e. The molecule has 0 aromatic carbocycles. The van der Waals surface area contributed by atoms with Crippen LogP contribution in [-0.4, -0.2) is 38.3 Å². The Bertz CT molecular complexity index is 294. The SMILES string of the molecule is CNC(C)CNC(=O)COC1CC(C)CCC1C(C)C. The summed E-state index contributed by atoms with van der Waals surface area (Å²) in [6.07, 6.45) is 3.84. The molecule has 0 radical (unpaired) electrons. The first kappa shape index (κ1) is 17.4. The number of likely N-dealkylation sites (N-methyl/N-ethyl adjacent to an activating group) is 1. The first-order chi connectivity index (χ1) is 9.43. The molecule has 0 aromatic heterocycles. The second-order valence-corrected chi connectivity index (χ2v) is 6.67. The average Bonchev–Trinajstić information content (AvgIpc) is 2.42. The molecule has 0 aromatic rings. The minimum Gasteiger partial charge on any atom is -0.368 e. The van der Waals surface area contributed by atoms with Crippen LogP contribution in [0.15, 0.2) is 0 Å². The van der Waals surface area contributed by atoms with Crippen molar-refractivity contribution in [3.63, 3.8) is 0 Å². The molecule has 4 unspecified atom stereocenters. The van der Waals surface area contributed by atoms with Crippen LogP contribution >= 0.6 is 0 Å². The van der Waals surface area contributed by atoms with Gasteiger partial charge in [-0.1, -0.05) is 27.2 Å². The average molecular weight is 284 g/mol. The van der Waals surface area contributed by atoms with Gasteiger partial charge in [-0.3, -0.25) is 4.79 Å². The molecule has 0 heterocycles. The molecule has 4 nitrogen and oxygen atoms in total. The van der Waals surface area contributed by atoms with Crippen molar-refractivity contribution in [3.05, 3.63) is 0 Å². The second kappa shape index (κ2) is 8.63. The molecule has 1 aliphatic rings. The Morgan fingerprint density at radius 3 is 2.60 bits per heavy atom. The van der Waals surface area contributed by atoms with Gasteiger partial charge in [0.15, 0.2) is 0 Å². The normalized spacial score (nSPS) is 28.4. The Kier molecular flexibility index (Phi) is 7.52. The van der Waals surface area contributed by atoms with Crippen LogP contribution in [0.5, 0.6) is 0 Å². The summed E-state index contributed by atoms with van der Waals surface area (Å²) in [7, 11) is 1.89. The van der Waals surface area contributed by atoms with Gasteiger partial charge in [0.1, 0.15) is 6.61 Å². The van der Waals surface area contributed by atoms with Crippen molar-refractivity contribution in [2.24, 2.45) is 17.8 Å². The maximum atomic E-state index is 11.8. The summed E-state index contributed by atoms with van der Waals surface area (Å²) in [5.74, 6) is 1.92. The van der Waals surface area contributed by atoms with Gasteiger partial charge < -0.3 is 15.4 Å². The zero-order valence-corrected chi connectivity index (χ0v) is 13.7. The summed E-state index contributed by atoms with van der Waals surface area (Å²) in [4.78, 5) is 11.8. The molecule has 0 bridgehead atoms. The highest BCUT2D eigenvalue weighted by Gasteiger charge is 2.31. The molecule has 0 spiro atoms. The first-order valence-electron chi connectivity index (χ1n) is 7.99. The standard InChI is InChI=1S/C16H32N2O2/c1-11(2)14-7-6-12(3)8-15(14)20-10-16(19)18-9-13(4)17-5/h11-15,17H,6-10H2,1-5H3,(H,18,19). The predicted molar refractivity (Wildman–Crippen MR) is 82.6 cm³/mol. The fourth-order valence-corrected chi connectivity index (χ4v) is 2.91. The van der Waals surface area contributed by atoms with E-state index in [1.807, 2.05) is 14.0 Å². The molecule has 1 fully saturated rings. The predicted octanol–water partition coefficient (Wildman–Crippen LogP) is 2.19. The second-order valence-electron chi connectivity index (χ2n) is 6.67. The van der Waals surface area contributed by atoms with Gasteiger partial charge in [-0.2, -0.15) is 0 Å². The highest BCUT2D eigenvalue weighted by atomic mass is 16.5. The lowest BCUT2D eigenvalue weighted by Gasteiger charge is -2.37. The van der Waals surface area contributed by atoms with E-state index in [0.717, 1.165) is 6.42 Å². The lowest BCUT2D eigenvalue weighted by molar-refractivity contribution is -0.131. The summed E-state index contributed by atoms with van der Waals surface area (Å²) in [5, 5.41) is 6.00. The van der Waals surface area contributed by atoms with Gasteiger partial charge in [0.2, 0.25) is 5.91 Å². The van der Waals surface area contributed by atoms with Crippen LogP contribution in [0.25, 0.3) is 0 Å². The molecule has 0 saturated heterocycles. The summed E-state index contributed by atoms with van der Waals surface area (Å²) < 4.78 is 5.92. The third-order valence-corrected chi connectivity index (χ3v) is 4.49. The molecule has 1 saturated carbocycles. The van der Waals surface area contributed by atoms with Crippen LogP contribution in [0.2, 0.25) is 0 Å². The molecule has 2 N–H and O–H groups in total. The van der Waals surface area contributed by atoms with E-state index in [4.69, 9.17) is 4.74 Å². The summed E-state index contributed by atoms with van der Waals surface area (Å²) >= 11 is 0. The zero-order chi connectivity index (χ0) is 15.1. The van der Waals surface area contributed by atoms with Crippen LogP contribution in [0.1, 0.15) is 47.0 Å². The van der Waals surface area contributed by atoms with E-state index in [0.29, 0.717) is 24.3 Å². The highest BCUT2D eigenvalue weighted by molar-refractivity contribution is 5.77. The quantitative estimate of drug-likeness (QED) is 0.753. The summed E-state index contributed by atoms with van der Waals surface area (Å²) in [6.45, 7) is 9.67. The third-order valence-electron chi connectivity index (χ3n) is 4.49. The zero-order valence-electron chi connectivity index (χ0n) is 13.7. The number of ether oxygens (including phenoxy) is 1. The minimum absolute atomic E-state index is 0.00664. The number of nitrogens with one attached hydrogen (secondary N) is 2. The summed E-state index contributed by atoms with van der Waals surface area (Å²) in [5.41, 5.74) is 0. The van der Waals surface area contributed by atoms with Crippen molar-refractivity contribution < 1.29 is 9.53 Å². The Morgan fingerprint density at radius 1 is 1.30 bits per heavy atom. The fourth-order valence-electron chi connectivity index (χ4n) is 2.91. The van der Waals surface area contributed by atoms with Gasteiger partial charge in [0.05, 0.1) is 6.10 Å². The molecule has 1 rings (SSSR count). The molecular weight excluding hydrogens is 252 g/mol. The molecule has 20 heavy (non-hydrogen) atoms. The minimum atomic E-state index is -0.00664. The maximum absolute atomic E-state index is 11.8. The van der Waals surface area contributed by atoms with Gasteiger partial charge in [-0.15, -0.1) is 0 Å². The maximum Gasteiger partial charge on any atom is 0.246 e. The number of carbonyl (C=O) groups is 1. The lowest BCUT2D eigenvalue weighted by atomic mass is 9.75. The van der Waals surface area contributed by atoms with Crippen molar-refractivity contribution in [2.45, 2.75) is 59.1 Å². The molecule has 118 valence electrons. The Hall–Kier alpha value is -0.610. The molecule has 1 aliphatic carbocycles. The van der Waals surface area contributed by atoms with Crippen molar-refractivity contribution in [1.82, 2.24) is 10.6 Å². The van der Waals surface area contributed by atoms with Crippen LogP contribution in [0.3, 0.4) is 0 Å². The van der Waals surface area contributed by atoms with E-state index in [2.05, 4.69) is 31.4 Å². The van der Waals surface area contributed by atoms with Gasteiger partial charge in [0.25, 0.3) is 0 Å². The van der Waals surface area contributed by atoms with E-state index < -0.39 is 0 Å². The van der Waals surface area contributed by atoms with Crippen molar-refractivity contribution in [1.29, 1.82) is 0 Å². The van der Waals surface area contributed by atoms with Crippen LogP contribution in [0, 0.1) is 17.8 Å². The lowest BCUT2D eigenvalue weighted by Crippen LogP contribution is -2.41. The molecule has 0 aliphatic heterocycles. The van der Waals surface area contributed by atoms with E-state index in [1.165, 1.54) is 12.8 Å². The molecule has 1 amide bonds. The number of amides is 1. The van der Waals surface area contributed by atoms with E-state index >= 15 is 0 Å². The topological polar surface area (TPSA) is 50.4 Å². The van der Waals surface area contributed by atoms with Gasteiger partial charge in [-0.05, 0) is 44.6 Å². The van der Waals surface area contributed by atoms with Crippen LogP contribution in [-0.2, 0) is 9.53 Å².